The van der Waals surface area contributed by atoms with E-state index in [4.69, 9.17) is 10.5 Å². The molecular weight excluding hydrogens is 254 g/mol. The number of rotatable bonds is 3. The first kappa shape index (κ1) is 13.9. The van der Waals surface area contributed by atoms with Gasteiger partial charge in [-0.25, -0.2) is 4.79 Å². The van der Waals surface area contributed by atoms with Crippen LogP contribution in [0.15, 0.2) is 17.1 Å². The van der Waals surface area contributed by atoms with Gasteiger partial charge in [0, 0.05) is 11.6 Å². The van der Waals surface area contributed by atoms with Crippen LogP contribution in [0.3, 0.4) is 0 Å². The highest BCUT2D eigenvalue weighted by molar-refractivity contribution is 5.23. The third-order valence-electron chi connectivity index (χ3n) is 3.62. The van der Waals surface area contributed by atoms with Gasteiger partial charge in [0.05, 0.1) is 19.3 Å². The quantitative estimate of drug-likeness (QED) is 0.503. The van der Waals surface area contributed by atoms with Crippen molar-refractivity contribution in [1.29, 1.82) is 0 Å². The fraction of sp³-hybridized carbons (Fsp3) is 0.636. The standard InChI is InChI=1S/C11H17N3O5/c1-11(5-16)6(4-15)19-9(8(11)17)14-3-2-7(12)13-10(14)18/h2-3,6,8-9,15-17H,4-5H2,1H3,(H2,12,13,18)/t6-,8?,9?,11+/m1/s1. The minimum atomic E-state index is -1.15. The molecule has 0 spiro atoms. The van der Waals surface area contributed by atoms with Crippen LogP contribution in [0.4, 0.5) is 5.82 Å². The Balaban J connectivity index is 2.39. The van der Waals surface area contributed by atoms with Gasteiger partial charge in [-0.1, -0.05) is 6.92 Å². The fourth-order valence-corrected chi connectivity index (χ4v) is 2.20. The van der Waals surface area contributed by atoms with Gasteiger partial charge in [-0.2, -0.15) is 4.98 Å². The molecule has 1 aliphatic rings. The lowest BCUT2D eigenvalue weighted by Crippen LogP contribution is -2.43. The Bertz CT molecular complexity index is 519. The summed E-state index contributed by atoms with van der Waals surface area (Å²) in [7, 11) is 0. The van der Waals surface area contributed by atoms with Gasteiger partial charge in [-0.05, 0) is 6.07 Å². The Morgan fingerprint density at radius 1 is 1.58 bits per heavy atom. The molecule has 2 rings (SSSR count). The molecule has 2 unspecified atom stereocenters. The van der Waals surface area contributed by atoms with Crippen LogP contribution in [0.25, 0.3) is 0 Å². The second-order valence-corrected chi connectivity index (χ2v) is 4.85. The molecule has 8 nitrogen and oxygen atoms in total. The van der Waals surface area contributed by atoms with E-state index in [-0.39, 0.29) is 19.0 Å². The van der Waals surface area contributed by atoms with Crippen molar-refractivity contribution in [3.05, 3.63) is 22.7 Å². The molecule has 0 radical (unpaired) electrons. The number of nitrogen functional groups attached to an aromatic ring is 1. The minimum absolute atomic E-state index is 0.0670. The van der Waals surface area contributed by atoms with Crippen LogP contribution >= 0.6 is 0 Å². The number of nitrogens with two attached hydrogens (primary N) is 1. The van der Waals surface area contributed by atoms with Gasteiger partial charge in [0.1, 0.15) is 11.9 Å². The van der Waals surface area contributed by atoms with Gasteiger partial charge >= 0.3 is 5.69 Å². The molecule has 5 N–H and O–H groups in total. The Labute approximate surface area is 109 Å². The van der Waals surface area contributed by atoms with Gasteiger partial charge in [0.25, 0.3) is 0 Å². The van der Waals surface area contributed by atoms with Crippen molar-refractivity contribution >= 4 is 5.82 Å². The number of hydrogen-bond donors (Lipinski definition) is 4. The number of hydrogen-bond acceptors (Lipinski definition) is 7. The van der Waals surface area contributed by atoms with Crippen LogP contribution in [0, 0.1) is 5.41 Å². The van der Waals surface area contributed by atoms with Gasteiger partial charge in [0.15, 0.2) is 6.23 Å². The van der Waals surface area contributed by atoms with Crippen molar-refractivity contribution in [1.82, 2.24) is 9.55 Å². The molecular formula is C11H17N3O5. The first-order valence-electron chi connectivity index (χ1n) is 5.84. The Kier molecular flexibility index (Phi) is 3.59. The maximum absolute atomic E-state index is 11.7. The molecule has 1 aliphatic heterocycles. The van der Waals surface area contributed by atoms with E-state index in [9.17, 15) is 20.1 Å². The lowest BCUT2D eigenvalue weighted by atomic mass is 9.81. The van der Waals surface area contributed by atoms with E-state index in [2.05, 4.69) is 4.98 Å². The van der Waals surface area contributed by atoms with E-state index in [0.29, 0.717) is 0 Å². The summed E-state index contributed by atoms with van der Waals surface area (Å²) in [5.74, 6) is 0.0670. The second kappa shape index (κ2) is 4.89. The van der Waals surface area contributed by atoms with E-state index in [0.717, 1.165) is 4.57 Å². The Morgan fingerprint density at radius 3 is 2.74 bits per heavy atom. The lowest BCUT2D eigenvalue weighted by molar-refractivity contribution is -0.0571. The predicted octanol–water partition coefficient (Wildman–Crippen LogP) is -1.93. The Morgan fingerprint density at radius 2 is 2.26 bits per heavy atom. The average Bonchev–Trinajstić information content (AvgIpc) is 2.63. The highest BCUT2D eigenvalue weighted by atomic mass is 16.5. The molecule has 2 heterocycles. The molecule has 0 bridgehead atoms. The van der Waals surface area contributed by atoms with Gasteiger partial charge in [-0.3, -0.25) is 4.57 Å². The van der Waals surface area contributed by atoms with Gasteiger partial charge in [-0.15, -0.1) is 0 Å². The van der Waals surface area contributed by atoms with Gasteiger partial charge < -0.3 is 25.8 Å². The van der Waals surface area contributed by atoms with E-state index in [1.54, 1.807) is 6.92 Å². The third kappa shape index (κ3) is 2.12. The van der Waals surface area contributed by atoms with E-state index in [1.165, 1.54) is 12.3 Å². The number of aromatic nitrogens is 2. The molecule has 0 aromatic carbocycles. The number of anilines is 1. The summed E-state index contributed by atoms with van der Waals surface area (Å²) >= 11 is 0. The number of ether oxygens (including phenoxy) is 1. The first-order valence-corrected chi connectivity index (χ1v) is 5.84. The topological polar surface area (TPSA) is 131 Å². The molecule has 106 valence electrons. The molecule has 1 aromatic heterocycles. The van der Waals surface area contributed by atoms with Crippen molar-refractivity contribution in [2.45, 2.75) is 25.4 Å². The van der Waals surface area contributed by atoms with Crippen LogP contribution in [0.1, 0.15) is 13.2 Å². The highest BCUT2D eigenvalue weighted by Crippen LogP contribution is 2.42. The maximum Gasteiger partial charge on any atom is 0.351 e. The summed E-state index contributed by atoms with van der Waals surface area (Å²) < 4.78 is 6.55. The molecule has 19 heavy (non-hydrogen) atoms. The number of aliphatic hydroxyl groups is 3. The maximum atomic E-state index is 11.7. The fourth-order valence-electron chi connectivity index (χ4n) is 2.20. The van der Waals surface area contributed by atoms with Gasteiger partial charge in [0.2, 0.25) is 0 Å². The normalized spacial score (nSPS) is 34.6. The van der Waals surface area contributed by atoms with E-state index in [1.807, 2.05) is 0 Å². The molecule has 1 fully saturated rings. The van der Waals surface area contributed by atoms with Crippen LogP contribution in [0.2, 0.25) is 0 Å². The molecule has 1 aromatic rings. The van der Waals surface area contributed by atoms with Crippen LogP contribution < -0.4 is 11.4 Å². The van der Waals surface area contributed by atoms with Crippen molar-refractivity contribution in [2.75, 3.05) is 18.9 Å². The monoisotopic (exact) mass is 271 g/mol. The van der Waals surface area contributed by atoms with Crippen LogP contribution in [0.5, 0.6) is 0 Å². The highest BCUT2D eigenvalue weighted by Gasteiger charge is 2.53. The number of nitrogens with zero attached hydrogens (tertiary/aromatic N) is 2. The summed E-state index contributed by atoms with van der Waals surface area (Å²) in [5.41, 5.74) is 3.67. The molecule has 0 aliphatic carbocycles. The lowest BCUT2D eigenvalue weighted by Gasteiger charge is -2.29. The smallest absolute Gasteiger partial charge is 0.351 e. The molecule has 0 saturated carbocycles. The third-order valence-corrected chi connectivity index (χ3v) is 3.62. The zero-order valence-corrected chi connectivity index (χ0v) is 10.4. The van der Waals surface area contributed by atoms with Crippen molar-refractivity contribution in [3.63, 3.8) is 0 Å². The van der Waals surface area contributed by atoms with Crippen molar-refractivity contribution in [3.8, 4) is 0 Å². The first-order chi connectivity index (χ1) is 8.93. The minimum Gasteiger partial charge on any atom is -0.396 e. The summed E-state index contributed by atoms with van der Waals surface area (Å²) in [6, 6.07) is 1.40. The summed E-state index contributed by atoms with van der Waals surface area (Å²) in [4.78, 5) is 15.3. The summed E-state index contributed by atoms with van der Waals surface area (Å²) in [5, 5.41) is 28.9. The summed E-state index contributed by atoms with van der Waals surface area (Å²) in [6.45, 7) is 0.823. The van der Waals surface area contributed by atoms with Crippen LogP contribution in [-0.4, -0.2) is 50.3 Å². The summed E-state index contributed by atoms with van der Waals surface area (Å²) in [6.07, 6.45) is -1.59. The molecule has 8 heteroatoms. The van der Waals surface area contributed by atoms with E-state index >= 15 is 0 Å². The van der Waals surface area contributed by atoms with Crippen LogP contribution in [-0.2, 0) is 4.74 Å². The largest absolute Gasteiger partial charge is 0.396 e. The predicted molar refractivity (Wildman–Crippen MR) is 65.1 cm³/mol. The van der Waals surface area contributed by atoms with Crippen molar-refractivity contribution in [2.24, 2.45) is 5.41 Å². The zero-order chi connectivity index (χ0) is 14.2. The van der Waals surface area contributed by atoms with Crippen molar-refractivity contribution < 1.29 is 20.1 Å². The molecule has 4 atom stereocenters. The Hall–Kier alpha value is -1.48. The second-order valence-electron chi connectivity index (χ2n) is 4.85. The molecule has 0 amide bonds. The number of aliphatic hydroxyl groups excluding tert-OH is 3. The molecule has 1 saturated heterocycles. The SMILES string of the molecule is C[C@@]1(CO)C(O)C(n2ccc(N)nc2=O)O[C@@H]1CO. The zero-order valence-electron chi connectivity index (χ0n) is 10.4. The average molecular weight is 271 g/mol. The van der Waals surface area contributed by atoms with E-state index < -0.39 is 29.5 Å².